The normalized spacial score (nSPS) is 9.42. The van der Waals surface area contributed by atoms with E-state index in [4.69, 9.17) is 10.5 Å². The van der Waals surface area contributed by atoms with Gasteiger partial charge in [-0.15, -0.1) is 0 Å². The lowest BCUT2D eigenvalue weighted by Crippen LogP contribution is -1.97. The van der Waals surface area contributed by atoms with E-state index in [1.807, 2.05) is 0 Å². The highest BCUT2D eigenvalue weighted by atomic mass is 16.5. The average molecular weight is 167 g/mol. The Balaban J connectivity index is 3.33. The first-order chi connectivity index (χ1) is 5.70. The van der Waals surface area contributed by atoms with E-state index in [1.165, 1.54) is 19.2 Å². The minimum absolute atomic E-state index is 0.0689. The molecule has 1 aromatic carbocycles. The molecule has 0 aliphatic rings. The molecule has 0 bridgehead atoms. The van der Waals surface area contributed by atoms with Crippen LogP contribution in [0.2, 0.25) is 0 Å². The third-order valence-corrected chi connectivity index (χ3v) is 1.54. The summed E-state index contributed by atoms with van der Waals surface area (Å²) in [5.41, 5.74) is 5.96. The van der Waals surface area contributed by atoms with Crippen molar-refractivity contribution in [3.63, 3.8) is 0 Å². The summed E-state index contributed by atoms with van der Waals surface area (Å²) in [6.45, 7) is 0. The van der Waals surface area contributed by atoms with Crippen LogP contribution in [0.5, 0.6) is 11.5 Å². The molecule has 1 aromatic rings. The van der Waals surface area contributed by atoms with Crippen LogP contribution in [0.4, 0.5) is 5.69 Å². The Morgan fingerprint density at radius 1 is 1.58 bits per heavy atom. The van der Waals surface area contributed by atoms with Gasteiger partial charge in [-0.05, 0) is 12.1 Å². The van der Waals surface area contributed by atoms with Gasteiger partial charge < -0.3 is 15.6 Å². The van der Waals surface area contributed by atoms with Gasteiger partial charge in [-0.3, -0.25) is 4.79 Å². The molecule has 0 radical (unpaired) electrons. The predicted molar refractivity (Wildman–Crippen MR) is 44.5 cm³/mol. The molecule has 0 aliphatic carbocycles. The number of ether oxygens (including phenoxy) is 1. The van der Waals surface area contributed by atoms with Gasteiger partial charge in [0.25, 0.3) is 0 Å². The zero-order chi connectivity index (χ0) is 9.14. The standard InChI is InChI=1S/C8H9NO3/c1-12-8-6(11)3-2-5(4-10)7(8)9/h2-4,11H,9H2,1H3. The van der Waals surface area contributed by atoms with Crippen LogP contribution in [-0.4, -0.2) is 18.5 Å². The number of nitrogens with two attached hydrogens (primary N) is 1. The summed E-state index contributed by atoms with van der Waals surface area (Å²) >= 11 is 0. The van der Waals surface area contributed by atoms with Crippen molar-refractivity contribution in [2.75, 3.05) is 12.8 Å². The molecule has 0 aliphatic heterocycles. The fourth-order valence-electron chi connectivity index (χ4n) is 0.921. The van der Waals surface area contributed by atoms with Crippen molar-refractivity contribution < 1.29 is 14.6 Å². The van der Waals surface area contributed by atoms with Crippen molar-refractivity contribution in [2.45, 2.75) is 0 Å². The largest absolute Gasteiger partial charge is 0.504 e. The van der Waals surface area contributed by atoms with Crippen LogP contribution < -0.4 is 10.5 Å². The number of anilines is 1. The van der Waals surface area contributed by atoms with Gasteiger partial charge in [0.1, 0.15) is 0 Å². The molecule has 3 N–H and O–H groups in total. The second kappa shape index (κ2) is 3.13. The fourth-order valence-corrected chi connectivity index (χ4v) is 0.921. The van der Waals surface area contributed by atoms with E-state index in [-0.39, 0.29) is 17.2 Å². The van der Waals surface area contributed by atoms with Crippen molar-refractivity contribution in [3.05, 3.63) is 17.7 Å². The number of phenolic OH excluding ortho intramolecular Hbond substituents is 1. The van der Waals surface area contributed by atoms with Crippen LogP contribution in [0.15, 0.2) is 12.1 Å². The number of aldehydes is 1. The minimum Gasteiger partial charge on any atom is -0.504 e. The molecule has 12 heavy (non-hydrogen) atoms. The predicted octanol–water partition coefficient (Wildman–Crippen LogP) is 0.796. The number of carbonyl (C=O) groups excluding carboxylic acids is 1. The molecule has 0 amide bonds. The number of benzene rings is 1. The molecule has 0 aromatic heterocycles. The number of methoxy groups -OCH3 is 1. The summed E-state index contributed by atoms with van der Waals surface area (Å²) in [6, 6.07) is 2.79. The number of aromatic hydroxyl groups is 1. The summed E-state index contributed by atoms with van der Waals surface area (Å²) in [6.07, 6.45) is 0.608. The lowest BCUT2D eigenvalue weighted by molar-refractivity contribution is 0.112. The van der Waals surface area contributed by atoms with E-state index in [9.17, 15) is 9.90 Å². The van der Waals surface area contributed by atoms with Crippen molar-refractivity contribution in [3.8, 4) is 11.5 Å². The Morgan fingerprint density at radius 3 is 2.75 bits per heavy atom. The molecule has 4 nitrogen and oxygen atoms in total. The number of carbonyl (C=O) groups is 1. The molecule has 64 valence electrons. The van der Waals surface area contributed by atoms with Gasteiger partial charge in [-0.1, -0.05) is 0 Å². The molecule has 0 saturated heterocycles. The number of nitrogen functional groups attached to an aromatic ring is 1. The number of hydrogen-bond acceptors (Lipinski definition) is 4. The van der Waals surface area contributed by atoms with Crippen molar-refractivity contribution >= 4 is 12.0 Å². The SMILES string of the molecule is COc1c(O)ccc(C=O)c1N. The van der Waals surface area contributed by atoms with Gasteiger partial charge >= 0.3 is 0 Å². The quantitative estimate of drug-likeness (QED) is 0.504. The molecular formula is C8H9NO3. The van der Waals surface area contributed by atoms with E-state index in [0.29, 0.717) is 11.8 Å². The van der Waals surface area contributed by atoms with Gasteiger partial charge in [-0.25, -0.2) is 0 Å². The number of rotatable bonds is 2. The van der Waals surface area contributed by atoms with Crippen molar-refractivity contribution in [1.82, 2.24) is 0 Å². The van der Waals surface area contributed by atoms with Gasteiger partial charge in [-0.2, -0.15) is 0 Å². The van der Waals surface area contributed by atoms with Crippen LogP contribution in [0.1, 0.15) is 10.4 Å². The first-order valence-corrected chi connectivity index (χ1v) is 3.31. The molecule has 0 fully saturated rings. The molecule has 1 rings (SSSR count). The highest BCUT2D eigenvalue weighted by Gasteiger charge is 2.09. The first-order valence-electron chi connectivity index (χ1n) is 3.31. The summed E-state index contributed by atoms with van der Waals surface area (Å²) < 4.78 is 4.78. The Hall–Kier alpha value is -1.71. The van der Waals surface area contributed by atoms with Crippen LogP contribution in [0.25, 0.3) is 0 Å². The zero-order valence-corrected chi connectivity index (χ0v) is 6.57. The van der Waals surface area contributed by atoms with Crippen LogP contribution in [-0.2, 0) is 0 Å². The molecular weight excluding hydrogens is 158 g/mol. The van der Waals surface area contributed by atoms with Gasteiger partial charge in [0.05, 0.1) is 12.8 Å². The second-order valence-corrected chi connectivity index (χ2v) is 2.24. The molecule has 0 unspecified atom stereocenters. The van der Waals surface area contributed by atoms with Gasteiger partial charge in [0, 0.05) is 5.56 Å². The monoisotopic (exact) mass is 167 g/mol. The summed E-state index contributed by atoms with van der Waals surface area (Å²) in [5, 5.41) is 9.19. The highest BCUT2D eigenvalue weighted by Crippen LogP contribution is 2.33. The maximum atomic E-state index is 10.4. The van der Waals surface area contributed by atoms with E-state index in [1.54, 1.807) is 0 Å². The third kappa shape index (κ3) is 1.18. The molecule has 0 saturated carbocycles. The Morgan fingerprint density at radius 2 is 2.25 bits per heavy atom. The lowest BCUT2D eigenvalue weighted by atomic mass is 10.2. The van der Waals surface area contributed by atoms with E-state index in [2.05, 4.69) is 0 Å². The van der Waals surface area contributed by atoms with E-state index in [0.717, 1.165) is 0 Å². The zero-order valence-electron chi connectivity index (χ0n) is 6.57. The maximum absolute atomic E-state index is 10.4. The maximum Gasteiger partial charge on any atom is 0.184 e. The lowest BCUT2D eigenvalue weighted by Gasteiger charge is -2.07. The topological polar surface area (TPSA) is 72.5 Å². The Kier molecular flexibility index (Phi) is 2.19. The molecule has 4 heteroatoms. The van der Waals surface area contributed by atoms with E-state index < -0.39 is 0 Å². The van der Waals surface area contributed by atoms with Gasteiger partial charge in [0.2, 0.25) is 0 Å². The van der Waals surface area contributed by atoms with Crippen LogP contribution in [0.3, 0.4) is 0 Å². The van der Waals surface area contributed by atoms with Crippen LogP contribution in [0, 0.1) is 0 Å². The smallest absolute Gasteiger partial charge is 0.184 e. The number of hydrogen-bond donors (Lipinski definition) is 2. The Bertz CT molecular complexity index is 309. The van der Waals surface area contributed by atoms with E-state index >= 15 is 0 Å². The first kappa shape index (κ1) is 8.39. The fraction of sp³-hybridized carbons (Fsp3) is 0.125. The van der Waals surface area contributed by atoms with Crippen LogP contribution >= 0.6 is 0 Å². The minimum atomic E-state index is -0.0689. The second-order valence-electron chi connectivity index (χ2n) is 2.24. The van der Waals surface area contributed by atoms with Crippen molar-refractivity contribution in [2.24, 2.45) is 0 Å². The summed E-state index contributed by atoms with van der Waals surface area (Å²) in [7, 11) is 1.37. The summed E-state index contributed by atoms with van der Waals surface area (Å²) in [4.78, 5) is 10.4. The third-order valence-electron chi connectivity index (χ3n) is 1.54. The molecule has 0 spiro atoms. The van der Waals surface area contributed by atoms with Crippen molar-refractivity contribution in [1.29, 1.82) is 0 Å². The average Bonchev–Trinajstić information content (AvgIpc) is 2.06. The summed E-state index contributed by atoms with van der Waals surface area (Å²) in [5.74, 6) is 0.0696. The highest BCUT2D eigenvalue weighted by molar-refractivity contribution is 5.87. The van der Waals surface area contributed by atoms with Gasteiger partial charge in [0.15, 0.2) is 17.8 Å². The Labute approximate surface area is 69.6 Å². The number of phenols is 1. The molecule has 0 atom stereocenters. The molecule has 0 heterocycles.